The van der Waals surface area contributed by atoms with Crippen LogP contribution in [0.2, 0.25) is 0 Å². The first-order chi connectivity index (χ1) is 17.2. The largest absolute Gasteiger partial charge is 0.448 e. The Hall–Kier alpha value is -2.66. The SMILES string of the molecule is Cc1c(I)cc(CS(=O)(=O)F)cc1N1CCN(C(=O)OCC2c3ccccc3-c3ccccc32)CC1. The van der Waals surface area contributed by atoms with Crippen molar-refractivity contribution in [2.24, 2.45) is 0 Å². The summed E-state index contributed by atoms with van der Waals surface area (Å²) in [7, 11) is -4.62. The van der Waals surface area contributed by atoms with Crippen LogP contribution in [-0.4, -0.2) is 52.2 Å². The fraction of sp³-hybridized carbons (Fsp3) is 0.296. The highest BCUT2D eigenvalue weighted by atomic mass is 127. The Morgan fingerprint density at radius 3 is 2.17 bits per heavy atom. The number of anilines is 1. The van der Waals surface area contributed by atoms with E-state index in [2.05, 4.69) is 51.8 Å². The minimum Gasteiger partial charge on any atom is -0.448 e. The Morgan fingerprint density at radius 1 is 1.00 bits per heavy atom. The molecular weight excluding hydrogens is 594 g/mol. The highest BCUT2D eigenvalue weighted by Crippen LogP contribution is 2.44. The summed E-state index contributed by atoms with van der Waals surface area (Å²) >= 11 is 2.14. The van der Waals surface area contributed by atoms with Crippen LogP contribution in [-0.2, 0) is 20.7 Å². The van der Waals surface area contributed by atoms with Crippen LogP contribution in [0, 0.1) is 10.5 Å². The molecule has 9 heteroatoms. The predicted molar refractivity (Wildman–Crippen MR) is 146 cm³/mol. The van der Waals surface area contributed by atoms with E-state index < -0.39 is 16.0 Å². The maximum absolute atomic E-state index is 13.3. The molecule has 188 valence electrons. The number of benzene rings is 3. The average molecular weight is 620 g/mol. The summed E-state index contributed by atoms with van der Waals surface area (Å²) in [5.74, 6) is -0.627. The molecule has 5 rings (SSSR count). The van der Waals surface area contributed by atoms with Gasteiger partial charge in [-0.2, -0.15) is 8.42 Å². The van der Waals surface area contributed by atoms with Crippen LogP contribution in [0.15, 0.2) is 60.7 Å². The number of fused-ring (bicyclic) bond motifs is 3. The number of hydrogen-bond donors (Lipinski definition) is 0. The highest BCUT2D eigenvalue weighted by Gasteiger charge is 2.30. The van der Waals surface area contributed by atoms with E-state index in [0.29, 0.717) is 31.7 Å². The maximum Gasteiger partial charge on any atom is 0.409 e. The number of rotatable bonds is 5. The van der Waals surface area contributed by atoms with Gasteiger partial charge in [0.15, 0.2) is 0 Å². The van der Waals surface area contributed by atoms with Gasteiger partial charge in [0.05, 0.1) is 0 Å². The minimum absolute atomic E-state index is 0.0156. The molecular formula is C27H26FIN2O4S. The second-order valence-electron chi connectivity index (χ2n) is 9.18. The van der Waals surface area contributed by atoms with Crippen molar-refractivity contribution in [3.05, 3.63) is 86.5 Å². The molecule has 1 heterocycles. The van der Waals surface area contributed by atoms with E-state index in [-0.39, 0.29) is 18.6 Å². The number of piperazine rings is 1. The van der Waals surface area contributed by atoms with Gasteiger partial charge in [-0.15, -0.1) is 3.89 Å². The quantitative estimate of drug-likeness (QED) is 0.280. The summed E-state index contributed by atoms with van der Waals surface area (Å²) in [6, 6.07) is 19.9. The molecule has 6 nitrogen and oxygen atoms in total. The number of hydrogen-bond acceptors (Lipinski definition) is 5. The molecule has 0 N–H and O–H groups in total. The average Bonchev–Trinajstić information content (AvgIpc) is 3.17. The molecule has 1 aliphatic heterocycles. The lowest BCUT2D eigenvalue weighted by atomic mass is 9.98. The van der Waals surface area contributed by atoms with Crippen LogP contribution in [0.5, 0.6) is 0 Å². The third-order valence-corrected chi connectivity index (χ3v) is 8.73. The van der Waals surface area contributed by atoms with Crippen molar-refractivity contribution in [1.82, 2.24) is 4.90 Å². The Morgan fingerprint density at radius 2 is 1.58 bits per heavy atom. The van der Waals surface area contributed by atoms with Crippen molar-refractivity contribution in [1.29, 1.82) is 0 Å². The molecule has 1 fully saturated rings. The normalized spacial score (nSPS) is 15.5. The number of carbonyl (C=O) groups excluding carboxylic acids is 1. The first-order valence-electron chi connectivity index (χ1n) is 11.8. The Balaban J connectivity index is 1.23. The molecule has 3 aromatic rings. The van der Waals surface area contributed by atoms with Crippen molar-refractivity contribution < 1.29 is 21.8 Å². The Bertz CT molecular complexity index is 1380. The molecule has 2 aliphatic rings. The van der Waals surface area contributed by atoms with E-state index in [1.54, 1.807) is 17.0 Å². The lowest BCUT2D eigenvalue weighted by molar-refractivity contribution is 0.0977. The van der Waals surface area contributed by atoms with Gasteiger partial charge in [-0.25, -0.2) is 4.79 Å². The van der Waals surface area contributed by atoms with Gasteiger partial charge in [0.25, 0.3) is 0 Å². The molecule has 0 spiro atoms. The van der Waals surface area contributed by atoms with Gasteiger partial charge in [0.2, 0.25) is 0 Å². The van der Waals surface area contributed by atoms with Gasteiger partial charge in [-0.05, 0) is 75.0 Å². The third kappa shape index (κ3) is 5.08. The molecule has 36 heavy (non-hydrogen) atoms. The number of nitrogens with zero attached hydrogens (tertiary/aromatic N) is 2. The van der Waals surface area contributed by atoms with E-state index in [4.69, 9.17) is 4.74 Å². The predicted octanol–water partition coefficient (Wildman–Crippen LogP) is 5.47. The molecule has 0 bridgehead atoms. The molecule has 0 unspecified atom stereocenters. The minimum atomic E-state index is -4.62. The van der Waals surface area contributed by atoms with Crippen molar-refractivity contribution in [2.45, 2.75) is 18.6 Å². The fourth-order valence-corrected chi connectivity index (χ4v) is 6.39. The Labute approximate surface area is 224 Å². The molecule has 0 saturated carbocycles. The lowest BCUT2D eigenvalue weighted by Crippen LogP contribution is -2.49. The molecule has 1 amide bonds. The van der Waals surface area contributed by atoms with Crippen LogP contribution in [0.1, 0.15) is 28.2 Å². The summed E-state index contributed by atoms with van der Waals surface area (Å²) < 4.78 is 42.3. The third-order valence-electron chi connectivity index (χ3n) is 6.93. The number of carbonyl (C=O) groups is 1. The van der Waals surface area contributed by atoms with Crippen molar-refractivity contribution in [3.63, 3.8) is 0 Å². The second kappa shape index (κ2) is 10.0. The first-order valence-corrected chi connectivity index (χ1v) is 14.4. The van der Waals surface area contributed by atoms with Crippen LogP contribution < -0.4 is 4.90 Å². The molecule has 1 aliphatic carbocycles. The number of ether oxygens (including phenoxy) is 1. The van der Waals surface area contributed by atoms with Crippen LogP contribution >= 0.6 is 22.6 Å². The lowest BCUT2D eigenvalue weighted by Gasteiger charge is -2.36. The van der Waals surface area contributed by atoms with E-state index in [0.717, 1.165) is 14.8 Å². The van der Waals surface area contributed by atoms with Gasteiger partial charge in [-0.3, -0.25) is 0 Å². The topological polar surface area (TPSA) is 66.9 Å². The summed E-state index contributed by atoms with van der Waals surface area (Å²) in [5.41, 5.74) is 7.03. The van der Waals surface area contributed by atoms with Crippen LogP contribution in [0.25, 0.3) is 11.1 Å². The second-order valence-corrected chi connectivity index (χ2v) is 11.7. The van der Waals surface area contributed by atoms with Gasteiger partial charge in [0.1, 0.15) is 12.4 Å². The zero-order valence-corrected chi connectivity index (χ0v) is 22.8. The summed E-state index contributed by atoms with van der Waals surface area (Å²) in [4.78, 5) is 16.7. The van der Waals surface area contributed by atoms with E-state index in [9.17, 15) is 17.1 Å². The maximum atomic E-state index is 13.3. The van der Waals surface area contributed by atoms with E-state index >= 15 is 0 Å². The van der Waals surface area contributed by atoms with Gasteiger partial charge in [0, 0.05) is 41.4 Å². The van der Waals surface area contributed by atoms with Gasteiger partial charge >= 0.3 is 16.3 Å². The molecule has 1 saturated heterocycles. The fourth-order valence-electron chi connectivity index (χ4n) is 5.14. The van der Waals surface area contributed by atoms with Crippen LogP contribution in [0.3, 0.4) is 0 Å². The highest BCUT2D eigenvalue weighted by molar-refractivity contribution is 14.1. The van der Waals surface area contributed by atoms with Crippen LogP contribution in [0.4, 0.5) is 14.4 Å². The van der Waals surface area contributed by atoms with Crippen molar-refractivity contribution >= 4 is 44.6 Å². The molecule has 0 radical (unpaired) electrons. The molecule has 0 aromatic heterocycles. The monoisotopic (exact) mass is 620 g/mol. The van der Waals surface area contributed by atoms with Gasteiger partial charge < -0.3 is 14.5 Å². The summed E-state index contributed by atoms with van der Waals surface area (Å²) in [6.07, 6.45) is -0.333. The van der Waals surface area contributed by atoms with E-state index in [1.165, 1.54) is 22.3 Å². The molecule has 3 aromatic carbocycles. The standard InChI is InChI=1S/C27H26FIN2O4S/c1-18-25(29)14-19(17-36(28,33)34)15-26(18)30-10-12-31(13-11-30)27(32)35-16-24-22-8-4-2-6-20(22)21-7-3-5-9-23(21)24/h2-9,14-15,24H,10-13,16-17H2,1H3. The van der Waals surface area contributed by atoms with Gasteiger partial charge in [-0.1, -0.05) is 48.5 Å². The zero-order valence-electron chi connectivity index (χ0n) is 19.8. The molecule has 0 atom stereocenters. The first kappa shape index (κ1) is 25.0. The van der Waals surface area contributed by atoms with Crippen molar-refractivity contribution in [3.8, 4) is 11.1 Å². The number of halogens is 2. The summed E-state index contributed by atoms with van der Waals surface area (Å²) in [5, 5.41) is 0. The smallest absolute Gasteiger partial charge is 0.409 e. The zero-order chi connectivity index (χ0) is 25.4. The summed E-state index contributed by atoms with van der Waals surface area (Å²) in [6.45, 7) is 4.36. The number of amides is 1. The van der Waals surface area contributed by atoms with Crippen molar-refractivity contribution in [2.75, 3.05) is 37.7 Å². The van der Waals surface area contributed by atoms with E-state index in [1.807, 2.05) is 31.2 Å². The Kier molecular flexibility index (Phi) is 6.95.